The van der Waals surface area contributed by atoms with Crippen LogP contribution < -0.4 is 0 Å². The topological polar surface area (TPSA) is 0 Å². The first-order valence-electron chi connectivity index (χ1n) is 3.75. The largest absolute Gasteiger partial charge is 0.203 e. The molecule has 0 unspecified atom stereocenters. The predicted molar refractivity (Wildman–Crippen MR) is 43.5 cm³/mol. The summed E-state index contributed by atoms with van der Waals surface area (Å²) in [5.41, 5.74) is -0.608. The van der Waals surface area contributed by atoms with Gasteiger partial charge in [-0.2, -0.15) is 0 Å². The van der Waals surface area contributed by atoms with Crippen LogP contribution in [0.1, 0.15) is 11.1 Å². The molecule has 0 heterocycles. The Balaban J connectivity index is 3.53. The lowest BCUT2D eigenvalue weighted by atomic mass is 10.0. The number of terminal acetylenes is 1. The quantitative estimate of drug-likeness (QED) is 0.284. The molecule has 1 aromatic rings. The standard InChI is InChI=1S/C10H6F4/c1-3-4-6-5(2)7(11)9(13)10(14)8(6)12/h1H,4H2,2H3. The fraction of sp³-hybridized carbons (Fsp3) is 0.200. The highest BCUT2D eigenvalue weighted by Gasteiger charge is 2.21. The van der Waals surface area contributed by atoms with Crippen LogP contribution in [-0.2, 0) is 6.42 Å². The lowest BCUT2D eigenvalue weighted by Crippen LogP contribution is -2.05. The highest BCUT2D eigenvalue weighted by molar-refractivity contribution is 5.33. The summed E-state index contributed by atoms with van der Waals surface area (Å²) < 4.78 is 51.2. The van der Waals surface area contributed by atoms with Crippen LogP contribution in [0.25, 0.3) is 0 Å². The van der Waals surface area contributed by atoms with Crippen molar-refractivity contribution in [1.82, 2.24) is 0 Å². The second kappa shape index (κ2) is 3.70. The summed E-state index contributed by atoms with van der Waals surface area (Å²) in [6, 6.07) is 0. The molecule has 0 aromatic heterocycles. The molecule has 0 fully saturated rings. The summed E-state index contributed by atoms with van der Waals surface area (Å²) >= 11 is 0. The second-order valence-corrected chi connectivity index (χ2v) is 2.74. The van der Waals surface area contributed by atoms with Crippen LogP contribution in [0.3, 0.4) is 0 Å². The van der Waals surface area contributed by atoms with Crippen molar-refractivity contribution in [2.45, 2.75) is 13.3 Å². The highest BCUT2D eigenvalue weighted by atomic mass is 19.2. The lowest BCUT2D eigenvalue weighted by molar-refractivity contribution is 0.401. The molecule has 0 aliphatic carbocycles. The van der Waals surface area contributed by atoms with Gasteiger partial charge in [-0.15, -0.1) is 12.3 Å². The van der Waals surface area contributed by atoms with Gasteiger partial charge in [0.05, 0.1) is 0 Å². The van der Waals surface area contributed by atoms with Crippen molar-refractivity contribution < 1.29 is 17.6 Å². The predicted octanol–water partition coefficient (Wildman–Crippen LogP) is 2.73. The van der Waals surface area contributed by atoms with Crippen molar-refractivity contribution in [3.05, 3.63) is 34.4 Å². The maximum Gasteiger partial charge on any atom is 0.197 e. The van der Waals surface area contributed by atoms with E-state index in [1.807, 2.05) is 5.92 Å². The zero-order valence-corrected chi connectivity index (χ0v) is 7.30. The van der Waals surface area contributed by atoms with Crippen LogP contribution in [-0.4, -0.2) is 0 Å². The van der Waals surface area contributed by atoms with Gasteiger partial charge in [-0.25, -0.2) is 17.6 Å². The Labute approximate surface area is 78.6 Å². The second-order valence-electron chi connectivity index (χ2n) is 2.74. The summed E-state index contributed by atoms with van der Waals surface area (Å²) in [7, 11) is 0. The summed E-state index contributed by atoms with van der Waals surface area (Å²) in [5.74, 6) is -4.39. The number of hydrogen-bond acceptors (Lipinski definition) is 0. The normalized spacial score (nSPS) is 10.0. The summed E-state index contributed by atoms with van der Waals surface area (Å²) in [6.07, 6.45) is 4.61. The van der Waals surface area contributed by atoms with Crippen LogP contribution in [0.15, 0.2) is 0 Å². The van der Waals surface area contributed by atoms with Crippen LogP contribution in [0.2, 0.25) is 0 Å². The molecular formula is C10H6F4. The summed E-state index contributed by atoms with van der Waals surface area (Å²) in [5, 5.41) is 0. The Morgan fingerprint density at radius 2 is 1.50 bits per heavy atom. The average Bonchev–Trinajstić information content (AvgIpc) is 2.19. The molecule has 1 rings (SSSR count). The maximum absolute atomic E-state index is 13.0. The Hall–Kier alpha value is -1.50. The van der Waals surface area contributed by atoms with Crippen molar-refractivity contribution in [2.24, 2.45) is 0 Å². The molecule has 0 aliphatic rings. The van der Waals surface area contributed by atoms with Crippen LogP contribution >= 0.6 is 0 Å². The molecule has 0 aliphatic heterocycles. The Kier molecular flexibility index (Phi) is 2.80. The van der Waals surface area contributed by atoms with E-state index in [9.17, 15) is 17.6 Å². The lowest BCUT2D eigenvalue weighted by Gasteiger charge is -2.07. The molecule has 0 spiro atoms. The number of halogens is 4. The number of hydrogen-bond donors (Lipinski definition) is 0. The molecule has 0 amide bonds. The van der Waals surface area contributed by atoms with Crippen molar-refractivity contribution >= 4 is 0 Å². The van der Waals surface area contributed by atoms with E-state index in [2.05, 4.69) is 0 Å². The van der Waals surface area contributed by atoms with E-state index in [4.69, 9.17) is 6.42 Å². The zero-order chi connectivity index (χ0) is 10.9. The Morgan fingerprint density at radius 3 is 2.00 bits per heavy atom. The van der Waals surface area contributed by atoms with Gasteiger partial charge in [-0.3, -0.25) is 0 Å². The van der Waals surface area contributed by atoms with Crippen LogP contribution in [0, 0.1) is 42.5 Å². The van der Waals surface area contributed by atoms with Crippen LogP contribution in [0.4, 0.5) is 17.6 Å². The van der Waals surface area contributed by atoms with E-state index in [1.165, 1.54) is 0 Å². The highest BCUT2D eigenvalue weighted by Crippen LogP contribution is 2.23. The molecule has 0 saturated carbocycles. The molecule has 0 N–H and O–H groups in total. The average molecular weight is 202 g/mol. The van der Waals surface area contributed by atoms with Gasteiger partial charge in [0, 0.05) is 12.0 Å². The minimum absolute atomic E-state index is 0.272. The fourth-order valence-electron chi connectivity index (χ4n) is 1.10. The van der Waals surface area contributed by atoms with Gasteiger partial charge in [-0.05, 0) is 12.5 Å². The third kappa shape index (κ3) is 1.46. The summed E-state index contributed by atoms with van der Waals surface area (Å²) in [6.45, 7) is 1.15. The first-order valence-corrected chi connectivity index (χ1v) is 3.75. The number of benzene rings is 1. The van der Waals surface area contributed by atoms with E-state index < -0.39 is 23.3 Å². The van der Waals surface area contributed by atoms with Gasteiger partial charge >= 0.3 is 0 Å². The van der Waals surface area contributed by atoms with Gasteiger partial charge in [0.1, 0.15) is 0 Å². The Bertz CT molecular complexity index is 386. The molecule has 1 aromatic carbocycles. The third-order valence-electron chi connectivity index (χ3n) is 1.90. The smallest absolute Gasteiger partial charge is 0.197 e. The van der Waals surface area contributed by atoms with E-state index in [0.29, 0.717) is 0 Å². The van der Waals surface area contributed by atoms with E-state index in [0.717, 1.165) is 6.92 Å². The van der Waals surface area contributed by atoms with Crippen molar-refractivity contribution in [1.29, 1.82) is 0 Å². The molecule has 0 saturated heterocycles. The van der Waals surface area contributed by atoms with Crippen LogP contribution in [0.5, 0.6) is 0 Å². The molecular weight excluding hydrogens is 196 g/mol. The molecule has 74 valence electrons. The molecule has 0 radical (unpaired) electrons. The monoisotopic (exact) mass is 202 g/mol. The van der Waals surface area contributed by atoms with Crippen molar-refractivity contribution in [2.75, 3.05) is 0 Å². The van der Waals surface area contributed by atoms with E-state index in [1.54, 1.807) is 0 Å². The first-order chi connectivity index (χ1) is 6.50. The van der Waals surface area contributed by atoms with E-state index >= 15 is 0 Å². The molecule has 0 nitrogen and oxygen atoms in total. The van der Waals surface area contributed by atoms with Gasteiger partial charge in [-0.1, -0.05) is 0 Å². The fourth-order valence-corrected chi connectivity index (χ4v) is 1.10. The van der Waals surface area contributed by atoms with Crippen molar-refractivity contribution in [3.63, 3.8) is 0 Å². The molecule has 0 atom stereocenters. The minimum Gasteiger partial charge on any atom is -0.203 e. The molecule has 4 heteroatoms. The van der Waals surface area contributed by atoms with Gasteiger partial charge in [0.15, 0.2) is 23.3 Å². The minimum atomic E-state index is -1.82. The SMILES string of the molecule is C#CCc1c(C)c(F)c(F)c(F)c1F. The molecule has 14 heavy (non-hydrogen) atoms. The Morgan fingerprint density at radius 1 is 1.00 bits per heavy atom. The van der Waals surface area contributed by atoms with E-state index in [-0.39, 0.29) is 17.5 Å². The zero-order valence-electron chi connectivity index (χ0n) is 7.30. The number of rotatable bonds is 1. The van der Waals surface area contributed by atoms with Gasteiger partial charge in [0.25, 0.3) is 0 Å². The third-order valence-corrected chi connectivity index (χ3v) is 1.90. The van der Waals surface area contributed by atoms with Gasteiger partial charge in [0.2, 0.25) is 0 Å². The van der Waals surface area contributed by atoms with Crippen molar-refractivity contribution in [3.8, 4) is 12.3 Å². The summed E-state index contributed by atoms with van der Waals surface area (Å²) in [4.78, 5) is 0. The van der Waals surface area contributed by atoms with Gasteiger partial charge < -0.3 is 0 Å². The molecule has 0 bridgehead atoms. The maximum atomic E-state index is 13.0. The first kappa shape index (κ1) is 10.6.